The van der Waals surface area contributed by atoms with Gasteiger partial charge in [-0.25, -0.2) is 0 Å². The summed E-state index contributed by atoms with van der Waals surface area (Å²) < 4.78 is 5.20. The maximum absolute atomic E-state index is 13.6. The van der Waals surface area contributed by atoms with Gasteiger partial charge in [0.15, 0.2) is 0 Å². The van der Waals surface area contributed by atoms with Gasteiger partial charge in [0.2, 0.25) is 11.8 Å². The molecule has 7 heteroatoms. The van der Waals surface area contributed by atoms with Gasteiger partial charge in [0.25, 0.3) is 0 Å². The number of ether oxygens (including phenoxy) is 1. The Morgan fingerprint density at radius 1 is 1.12 bits per heavy atom. The second-order valence-electron chi connectivity index (χ2n) is 8.73. The highest BCUT2D eigenvalue weighted by molar-refractivity contribution is 7.10. The first-order chi connectivity index (χ1) is 16.4. The average Bonchev–Trinajstić information content (AvgIpc) is 3.31. The number of hydrogen-bond acceptors (Lipinski definition) is 4. The van der Waals surface area contributed by atoms with E-state index in [9.17, 15) is 9.59 Å². The minimum Gasteiger partial charge on any atom is -0.497 e. The number of thiophene rings is 1. The summed E-state index contributed by atoms with van der Waals surface area (Å²) >= 11 is 7.85. The summed E-state index contributed by atoms with van der Waals surface area (Å²) in [5.41, 5.74) is 3.08. The van der Waals surface area contributed by atoms with Gasteiger partial charge in [0.1, 0.15) is 12.3 Å². The van der Waals surface area contributed by atoms with Crippen molar-refractivity contribution in [3.63, 3.8) is 0 Å². The highest BCUT2D eigenvalue weighted by Gasteiger charge is 2.34. The van der Waals surface area contributed by atoms with E-state index in [1.165, 1.54) is 4.88 Å². The van der Waals surface area contributed by atoms with E-state index in [1.54, 1.807) is 23.3 Å². The van der Waals surface area contributed by atoms with Gasteiger partial charge < -0.3 is 14.5 Å². The molecule has 2 amide bonds. The topological polar surface area (TPSA) is 49.9 Å². The van der Waals surface area contributed by atoms with Crippen LogP contribution in [0.3, 0.4) is 0 Å². The van der Waals surface area contributed by atoms with Crippen LogP contribution in [0.25, 0.3) is 0 Å². The van der Waals surface area contributed by atoms with Crippen molar-refractivity contribution >= 4 is 34.8 Å². The summed E-state index contributed by atoms with van der Waals surface area (Å²) in [6.07, 6.45) is 1.06. The maximum Gasteiger partial charge on any atom is 0.243 e. The van der Waals surface area contributed by atoms with E-state index < -0.39 is 0 Å². The third kappa shape index (κ3) is 5.29. The molecule has 0 N–H and O–H groups in total. The van der Waals surface area contributed by atoms with Crippen molar-refractivity contribution in [2.24, 2.45) is 0 Å². The number of carbonyl (C=O) groups is 2. The number of fused-ring (bicyclic) bond motifs is 1. The van der Waals surface area contributed by atoms with Crippen LogP contribution in [0.5, 0.6) is 5.75 Å². The second kappa shape index (κ2) is 10.6. The molecule has 1 aromatic heterocycles. The monoisotopic (exact) mass is 496 g/mol. The predicted molar refractivity (Wildman–Crippen MR) is 137 cm³/mol. The first kappa shape index (κ1) is 24.3. The Morgan fingerprint density at radius 2 is 1.82 bits per heavy atom. The zero-order chi connectivity index (χ0) is 24.2. The van der Waals surface area contributed by atoms with Gasteiger partial charge in [0, 0.05) is 22.5 Å². The number of nitrogens with zero attached hydrogens (tertiary/aromatic N) is 2. The van der Waals surface area contributed by atoms with Gasteiger partial charge in [-0.05, 0) is 72.7 Å². The smallest absolute Gasteiger partial charge is 0.243 e. The fourth-order valence-electron chi connectivity index (χ4n) is 4.40. The molecule has 0 spiro atoms. The fourth-order valence-corrected chi connectivity index (χ4v) is 5.43. The van der Waals surface area contributed by atoms with Crippen molar-refractivity contribution < 1.29 is 14.3 Å². The van der Waals surface area contributed by atoms with Gasteiger partial charge in [-0.1, -0.05) is 35.9 Å². The van der Waals surface area contributed by atoms with Crippen LogP contribution in [-0.2, 0) is 22.4 Å². The lowest BCUT2D eigenvalue weighted by Crippen LogP contribution is -2.49. The molecule has 1 aliphatic heterocycles. The lowest BCUT2D eigenvalue weighted by Gasteiger charge is -2.38. The van der Waals surface area contributed by atoms with E-state index >= 15 is 0 Å². The van der Waals surface area contributed by atoms with E-state index in [0.717, 1.165) is 28.9 Å². The van der Waals surface area contributed by atoms with Crippen molar-refractivity contribution in [2.75, 3.05) is 20.2 Å². The molecule has 34 heavy (non-hydrogen) atoms. The second-order valence-corrected chi connectivity index (χ2v) is 10.2. The first-order valence-corrected chi connectivity index (χ1v) is 12.7. The molecule has 0 saturated carbocycles. The summed E-state index contributed by atoms with van der Waals surface area (Å²) in [7, 11) is 1.61. The molecule has 3 aromatic rings. The minimum absolute atomic E-state index is 0.0476. The molecule has 5 nitrogen and oxygen atoms in total. The summed E-state index contributed by atoms with van der Waals surface area (Å²) in [4.78, 5) is 31.7. The number of amides is 2. The molecule has 1 atom stereocenters. The number of rotatable bonds is 7. The van der Waals surface area contributed by atoms with Crippen LogP contribution in [0.1, 0.15) is 41.5 Å². The molecule has 2 heterocycles. The van der Waals surface area contributed by atoms with Crippen LogP contribution in [0, 0.1) is 0 Å². The van der Waals surface area contributed by atoms with Gasteiger partial charge in [0.05, 0.1) is 19.6 Å². The number of benzene rings is 2. The van der Waals surface area contributed by atoms with Crippen LogP contribution in [-0.4, -0.2) is 47.9 Å². The Morgan fingerprint density at radius 3 is 2.47 bits per heavy atom. The number of methoxy groups -OCH3 is 1. The Balaban J connectivity index is 1.54. The Hall–Kier alpha value is -2.83. The van der Waals surface area contributed by atoms with Crippen molar-refractivity contribution in [1.82, 2.24) is 9.80 Å². The maximum atomic E-state index is 13.6. The van der Waals surface area contributed by atoms with Gasteiger partial charge >= 0.3 is 0 Å². The molecule has 2 aromatic carbocycles. The van der Waals surface area contributed by atoms with E-state index in [-0.39, 0.29) is 36.9 Å². The molecule has 0 radical (unpaired) electrons. The fraction of sp³-hybridized carbons (Fsp3) is 0.333. The molecular formula is C27H29ClN2O3S. The lowest BCUT2D eigenvalue weighted by molar-refractivity contribution is -0.142. The number of hydrogen-bond donors (Lipinski definition) is 0. The van der Waals surface area contributed by atoms with Crippen LogP contribution >= 0.6 is 22.9 Å². The summed E-state index contributed by atoms with van der Waals surface area (Å²) in [5, 5.41) is 2.75. The summed E-state index contributed by atoms with van der Waals surface area (Å²) in [6.45, 7) is 4.57. The van der Waals surface area contributed by atoms with E-state index in [4.69, 9.17) is 16.3 Å². The van der Waals surface area contributed by atoms with Crippen molar-refractivity contribution in [3.05, 3.63) is 86.6 Å². The zero-order valence-corrected chi connectivity index (χ0v) is 21.2. The molecule has 1 unspecified atom stereocenters. The van der Waals surface area contributed by atoms with E-state index in [2.05, 4.69) is 11.4 Å². The lowest BCUT2D eigenvalue weighted by atomic mass is 9.93. The van der Waals surface area contributed by atoms with Gasteiger partial charge in [-0.2, -0.15) is 0 Å². The Labute approximate surface area is 209 Å². The molecule has 0 saturated heterocycles. The molecule has 0 aliphatic carbocycles. The summed E-state index contributed by atoms with van der Waals surface area (Å²) in [5.74, 6) is 0.636. The third-order valence-corrected chi connectivity index (χ3v) is 7.48. The first-order valence-electron chi connectivity index (χ1n) is 11.4. The van der Waals surface area contributed by atoms with Crippen molar-refractivity contribution in [2.45, 2.75) is 38.8 Å². The molecule has 0 fully saturated rings. The van der Waals surface area contributed by atoms with Crippen LogP contribution in [0.15, 0.2) is 60.0 Å². The van der Waals surface area contributed by atoms with Crippen molar-refractivity contribution in [3.8, 4) is 5.75 Å². The zero-order valence-electron chi connectivity index (χ0n) is 19.7. The molecule has 178 valence electrons. The molecule has 4 rings (SSSR count). The minimum atomic E-state index is -0.175. The van der Waals surface area contributed by atoms with E-state index in [0.29, 0.717) is 11.6 Å². The van der Waals surface area contributed by atoms with Crippen LogP contribution in [0.4, 0.5) is 0 Å². The highest BCUT2D eigenvalue weighted by atomic mass is 35.5. The van der Waals surface area contributed by atoms with Gasteiger partial charge in [-0.15, -0.1) is 11.3 Å². The predicted octanol–water partition coefficient (Wildman–Crippen LogP) is 5.36. The quantitative estimate of drug-likeness (QED) is 0.442. The van der Waals surface area contributed by atoms with Gasteiger partial charge in [-0.3, -0.25) is 9.59 Å². The molecule has 1 aliphatic rings. The van der Waals surface area contributed by atoms with E-state index in [1.807, 2.05) is 67.3 Å². The largest absolute Gasteiger partial charge is 0.497 e. The molecular weight excluding hydrogens is 468 g/mol. The average molecular weight is 497 g/mol. The Bertz CT molecular complexity index is 1140. The standard InChI is InChI=1S/C27H29ClN2O3S/c1-18(2)30(25(31)16-19-4-10-22(33-3)11-5-19)17-26(32)29-14-12-24-23(13-15-34-24)27(29)20-6-8-21(28)9-7-20/h4-11,13,15,18,27H,12,14,16-17H2,1-3H3. The normalized spacial score (nSPS) is 15.2. The van der Waals surface area contributed by atoms with Crippen molar-refractivity contribution in [1.29, 1.82) is 0 Å². The SMILES string of the molecule is COc1ccc(CC(=O)N(CC(=O)N2CCc3sccc3C2c2ccc(Cl)cc2)C(C)C)cc1. The number of carbonyl (C=O) groups excluding carboxylic acids is 2. The molecule has 0 bridgehead atoms. The number of halogens is 1. The van der Waals surface area contributed by atoms with Crippen LogP contribution < -0.4 is 4.74 Å². The highest BCUT2D eigenvalue weighted by Crippen LogP contribution is 2.38. The van der Waals surface area contributed by atoms with Crippen LogP contribution in [0.2, 0.25) is 5.02 Å². The Kier molecular flexibility index (Phi) is 7.59. The summed E-state index contributed by atoms with van der Waals surface area (Å²) in [6, 6.07) is 17.0. The third-order valence-electron chi connectivity index (χ3n) is 6.24.